The van der Waals surface area contributed by atoms with E-state index >= 15 is 0 Å². The molecule has 0 saturated carbocycles. The number of aromatic nitrogens is 2. The highest BCUT2D eigenvalue weighted by Crippen LogP contribution is 2.17. The van der Waals surface area contributed by atoms with Crippen LogP contribution in [0.15, 0.2) is 12.4 Å². The lowest BCUT2D eigenvalue weighted by Gasteiger charge is -2.26. The lowest BCUT2D eigenvalue weighted by atomic mass is 10.2. The van der Waals surface area contributed by atoms with Crippen molar-refractivity contribution in [1.82, 2.24) is 9.97 Å². The second-order valence-corrected chi connectivity index (χ2v) is 5.06. The van der Waals surface area contributed by atoms with Crippen LogP contribution in [-0.2, 0) is 0 Å². The van der Waals surface area contributed by atoms with E-state index in [0.29, 0.717) is 6.54 Å². The Bertz CT molecular complexity index is 369. The van der Waals surface area contributed by atoms with Crippen LogP contribution in [0.5, 0.6) is 0 Å². The van der Waals surface area contributed by atoms with Crippen molar-refractivity contribution in [3.63, 3.8) is 0 Å². The standard InChI is InChI=1S/C14H27N5/c1-5-6-7-8-18(3)13-9-14(17-11-16-13)19(4)12(2)10-15/h9,11-12H,5-8,10,15H2,1-4H3. The normalized spacial score (nSPS) is 12.3. The maximum absolute atomic E-state index is 5.69. The molecule has 0 aliphatic carbocycles. The van der Waals surface area contributed by atoms with Gasteiger partial charge >= 0.3 is 0 Å². The molecule has 1 aromatic rings. The number of hydrogen-bond acceptors (Lipinski definition) is 5. The number of nitrogens with two attached hydrogens (primary N) is 1. The summed E-state index contributed by atoms with van der Waals surface area (Å²) in [5.74, 6) is 1.89. The van der Waals surface area contributed by atoms with E-state index in [9.17, 15) is 0 Å². The summed E-state index contributed by atoms with van der Waals surface area (Å²) in [6, 6.07) is 2.30. The smallest absolute Gasteiger partial charge is 0.134 e. The summed E-state index contributed by atoms with van der Waals surface area (Å²) in [4.78, 5) is 12.9. The van der Waals surface area contributed by atoms with E-state index in [1.807, 2.05) is 13.1 Å². The fourth-order valence-electron chi connectivity index (χ4n) is 1.84. The molecule has 1 unspecified atom stereocenters. The summed E-state index contributed by atoms with van der Waals surface area (Å²) in [5.41, 5.74) is 5.69. The first kappa shape index (κ1) is 15.7. The molecule has 5 nitrogen and oxygen atoms in total. The highest BCUT2D eigenvalue weighted by Gasteiger charge is 2.11. The fourth-order valence-corrected chi connectivity index (χ4v) is 1.84. The summed E-state index contributed by atoms with van der Waals surface area (Å²) in [6.45, 7) is 5.95. The molecule has 0 radical (unpaired) electrons. The maximum Gasteiger partial charge on any atom is 0.134 e. The number of likely N-dealkylation sites (N-methyl/N-ethyl adjacent to an activating group) is 1. The monoisotopic (exact) mass is 265 g/mol. The third-order valence-corrected chi connectivity index (χ3v) is 3.49. The van der Waals surface area contributed by atoms with Crippen LogP contribution in [0, 0.1) is 0 Å². The van der Waals surface area contributed by atoms with Gasteiger partial charge in [-0.3, -0.25) is 0 Å². The number of rotatable bonds is 8. The first-order valence-electron chi connectivity index (χ1n) is 7.06. The van der Waals surface area contributed by atoms with E-state index in [0.717, 1.165) is 18.2 Å². The zero-order valence-corrected chi connectivity index (χ0v) is 12.6. The Labute approximate surface area is 116 Å². The molecule has 2 N–H and O–H groups in total. The predicted molar refractivity (Wildman–Crippen MR) is 81.7 cm³/mol. The molecule has 1 rings (SSSR count). The third-order valence-electron chi connectivity index (χ3n) is 3.49. The van der Waals surface area contributed by atoms with Gasteiger partial charge in [0.15, 0.2) is 0 Å². The highest BCUT2D eigenvalue weighted by atomic mass is 15.2. The van der Waals surface area contributed by atoms with E-state index < -0.39 is 0 Å². The Morgan fingerprint density at radius 3 is 2.53 bits per heavy atom. The van der Waals surface area contributed by atoms with Crippen molar-refractivity contribution >= 4 is 11.6 Å². The van der Waals surface area contributed by atoms with Gasteiger partial charge in [0.1, 0.15) is 18.0 Å². The number of nitrogens with zero attached hydrogens (tertiary/aromatic N) is 4. The molecule has 0 aliphatic heterocycles. The summed E-state index contributed by atoms with van der Waals surface area (Å²) < 4.78 is 0. The summed E-state index contributed by atoms with van der Waals surface area (Å²) >= 11 is 0. The molecule has 0 aliphatic rings. The van der Waals surface area contributed by atoms with Crippen LogP contribution in [0.25, 0.3) is 0 Å². The Morgan fingerprint density at radius 2 is 1.89 bits per heavy atom. The Hall–Kier alpha value is -1.36. The third kappa shape index (κ3) is 4.67. The van der Waals surface area contributed by atoms with Crippen LogP contribution in [0.4, 0.5) is 11.6 Å². The molecule has 5 heteroatoms. The molecule has 108 valence electrons. The first-order chi connectivity index (χ1) is 9.10. The summed E-state index contributed by atoms with van der Waals surface area (Å²) in [5, 5.41) is 0. The van der Waals surface area contributed by atoms with Crippen LogP contribution in [0.3, 0.4) is 0 Å². The second-order valence-electron chi connectivity index (χ2n) is 5.06. The van der Waals surface area contributed by atoms with Gasteiger partial charge in [0.2, 0.25) is 0 Å². The van der Waals surface area contributed by atoms with Gasteiger partial charge in [-0.15, -0.1) is 0 Å². The van der Waals surface area contributed by atoms with Crippen molar-refractivity contribution in [2.45, 2.75) is 39.2 Å². The zero-order valence-electron chi connectivity index (χ0n) is 12.6. The van der Waals surface area contributed by atoms with Crippen molar-refractivity contribution in [2.24, 2.45) is 5.73 Å². The highest BCUT2D eigenvalue weighted by molar-refractivity contribution is 5.49. The molecule has 0 aromatic carbocycles. The average Bonchev–Trinajstić information content (AvgIpc) is 2.45. The zero-order chi connectivity index (χ0) is 14.3. The van der Waals surface area contributed by atoms with Crippen LogP contribution in [0.2, 0.25) is 0 Å². The van der Waals surface area contributed by atoms with Crippen LogP contribution in [-0.4, -0.2) is 43.2 Å². The van der Waals surface area contributed by atoms with E-state index in [-0.39, 0.29) is 6.04 Å². The molecule has 0 amide bonds. The Kier molecular flexibility index (Phi) is 6.56. The molecule has 19 heavy (non-hydrogen) atoms. The minimum Gasteiger partial charge on any atom is -0.360 e. The molecule has 0 bridgehead atoms. The van der Waals surface area contributed by atoms with Crippen molar-refractivity contribution < 1.29 is 0 Å². The average molecular weight is 265 g/mol. The number of unbranched alkanes of at least 4 members (excludes halogenated alkanes) is 2. The van der Waals surface area contributed by atoms with Gasteiger partial charge in [-0.1, -0.05) is 19.8 Å². The second kappa shape index (κ2) is 7.94. The largest absolute Gasteiger partial charge is 0.360 e. The SMILES string of the molecule is CCCCCN(C)c1cc(N(C)C(C)CN)ncn1. The molecular weight excluding hydrogens is 238 g/mol. The van der Waals surface area contributed by atoms with Gasteiger partial charge < -0.3 is 15.5 Å². The molecule has 0 spiro atoms. The first-order valence-corrected chi connectivity index (χ1v) is 7.06. The van der Waals surface area contributed by atoms with Gasteiger partial charge in [0.25, 0.3) is 0 Å². The minimum absolute atomic E-state index is 0.271. The van der Waals surface area contributed by atoms with E-state index in [2.05, 4.69) is 40.7 Å². The maximum atomic E-state index is 5.69. The van der Waals surface area contributed by atoms with Gasteiger partial charge in [0, 0.05) is 39.3 Å². The van der Waals surface area contributed by atoms with E-state index in [1.54, 1.807) is 6.33 Å². The number of anilines is 2. The molecule has 1 aromatic heterocycles. The van der Waals surface area contributed by atoms with Gasteiger partial charge in [-0.2, -0.15) is 0 Å². The van der Waals surface area contributed by atoms with Gasteiger partial charge in [0.05, 0.1) is 0 Å². The lowest BCUT2D eigenvalue weighted by molar-refractivity contribution is 0.683. The van der Waals surface area contributed by atoms with Crippen molar-refractivity contribution in [1.29, 1.82) is 0 Å². The van der Waals surface area contributed by atoms with Crippen molar-refractivity contribution in [2.75, 3.05) is 37.0 Å². The van der Waals surface area contributed by atoms with Gasteiger partial charge in [-0.25, -0.2) is 9.97 Å². The van der Waals surface area contributed by atoms with Crippen molar-refractivity contribution in [3.05, 3.63) is 12.4 Å². The predicted octanol–water partition coefficient (Wildman–Crippen LogP) is 1.89. The molecular formula is C14H27N5. The lowest BCUT2D eigenvalue weighted by Crippen LogP contribution is -2.36. The van der Waals surface area contributed by atoms with E-state index in [4.69, 9.17) is 5.73 Å². The van der Waals surface area contributed by atoms with Crippen LogP contribution in [0.1, 0.15) is 33.1 Å². The summed E-state index contributed by atoms with van der Waals surface area (Å²) in [6.07, 6.45) is 5.31. The van der Waals surface area contributed by atoms with E-state index in [1.165, 1.54) is 19.3 Å². The molecule has 1 heterocycles. The number of hydrogen-bond donors (Lipinski definition) is 1. The molecule has 0 fully saturated rings. The van der Waals surface area contributed by atoms with Crippen molar-refractivity contribution in [3.8, 4) is 0 Å². The molecule has 1 atom stereocenters. The Balaban J connectivity index is 2.70. The van der Waals surface area contributed by atoms with Crippen LogP contribution < -0.4 is 15.5 Å². The minimum atomic E-state index is 0.271. The van der Waals surface area contributed by atoms with Crippen LogP contribution >= 0.6 is 0 Å². The summed E-state index contributed by atoms with van der Waals surface area (Å²) in [7, 11) is 4.09. The quantitative estimate of drug-likeness (QED) is 0.727. The fraction of sp³-hybridized carbons (Fsp3) is 0.714. The molecule has 0 saturated heterocycles. The topological polar surface area (TPSA) is 58.3 Å². The van der Waals surface area contributed by atoms with Gasteiger partial charge in [-0.05, 0) is 13.3 Å². The Morgan fingerprint density at radius 1 is 1.21 bits per heavy atom.